The van der Waals surface area contributed by atoms with Gasteiger partial charge in [0.1, 0.15) is 0 Å². The molecule has 0 fully saturated rings. The van der Waals surface area contributed by atoms with Crippen molar-refractivity contribution in [3.63, 3.8) is 0 Å². The lowest BCUT2D eigenvalue weighted by Crippen LogP contribution is -2.21. The summed E-state index contributed by atoms with van der Waals surface area (Å²) in [6.07, 6.45) is 2.84. The second kappa shape index (κ2) is 10.2. The monoisotopic (exact) mass is 538 g/mol. The van der Waals surface area contributed by atoms with Crippen LogP contribution in [0.25, 0.3) is 17.2 Å². The van der Waals surface area contributed by atoms with Gasteiger partial charge < -0.3 is 20.0 Å². The largest absolute Gasteiger partial charge is 0.421 e. The van der Waals surface area contributed by atoms with E-state index >= 15 is 0 Å². The van der Waals surface area contributed by atoms with Crippen LogP contribution in [0.3, 0.4) is 0 Å². The van der Waals surface area contributed by atoms with Crippen LogP contribution >= 0.6 is 0 Å². The molecule has 3 N–H and O–H groups in total. The number of H-pyrrole nitrogens is 1. The van der Waals surface area contributed by atoms with Crippen molar-refractivity contribution < 1.29 is 14.0 Å². The SMILES string of the molecule is Cc1cc(NC(=O)c2nc3[nH]c4c(c(=O)n3n2)CCC4)c(C)cc1NC(=O)CCc1nnc(-c2ccccc2)o1. The van der Waals surface area contributed by atoms with Gasteiger partial charge in [-0.1, -0.05) is 18.2 Å². The molecule has 5 aromatic rings. The molecule has 0 bridgehead atoms. The molecule has 0 saturated heterocycles. The summed E-state index contributed by atoms with van der Waals surface area (Å²) in [5.41, 5.74) is 4.80. The van der Waals surface area contributed by atoms with E-state index in [4.69, 9.17) is 4.42 Å². The van der Waals surface area contributed by atoms with E-state index in [1.807, 2.05) is 44.2 Å². The van der Waals surface area contributed by atoms with E-state index in [-0.39, 0.29) is 29.5 Å². The number of aryl methyl sites for hydroxylation is 4. The molecule has 0 spiro atoms. The molecular formula is C28H26N8O4. The molecule has 6 rings (SSSR count). The highest BCUT2D eigenvalue weighted by molar-refractivity contribution is 6.02. The number of rotatable bonds is 7. The van der Waals surface area contributed by atoms with Gasteiger partial charge in [0.25, 0.3) is 11.5 Å². The zero-order valence-electron chi connectivity index (χ0n) is 21.9. The van der Waals surface area contributed by atoms with Gasteiger partial charge in [-0.25, -0.2) is 0 Å². The van der Waals surface area contributed by atoms with Crippen LogP contribution < -0.4 is 16.2 Å². The Bertz CT molecular complexity index is 1820. The molecule has 40 heavy (non-hydrogen) atoms. The maximum atomic E-state index is 12.9. The molecule has 0 unspecified atom stereocenters. The Labute approximate surface area is 227 Å². The van der Waals surface area contributed by atoms with Crippen LogP contribution in [0.2, 0.25) is 0 Å². The Balaban J connectivity index is 1.10. The number of carbonyl (C=O) groups is 2. The van der Waals surface area contributed by atoms with Crippen molar-refractivity contribution in [1.82, 2.24) is 29.8 Å². The van der Waals surface area contributed by atoms with Gasteiger partial charge in [0.05, 0.1) is 0 Å². The molecule has 0 radical (unpaired) electrons. The molecule has 0 aliphatic heterocycles. The van der Waals surface area contributed by atoms with Crippen LogP contribution in [0.5, 0.6) is 0 Å². The van der Waals surface area contributed by atoms with Gasteiger partial charge in [-0.05, 0) is 68.5 Å². The number of carbonyl (C=O) groups excluding carboxylic acids is 2. The van der Waals surface area contributed by atoms with E-state index in [2.05, 4.69) is 35.9 Å². The Morgan fingerprint density at radius 1 is 1.02 bits per heavy atom. The minimum absolute atomic E-state index is 0.108. The number of nitrogens with zero attached hydrogens (tertiary/aromatic N) is 5. The van der Waals surface area contributed by atoms with Gasteiger partial charge >= 0.3 is 0 Å². The van der Waals surface area contributed by atoms with Crippen LogP contribution in [-0.2, 0) is 24.1 Å². The molecule has 1 aliphatic carbocycles. The molecule has 0 atom stereocenters. The lowest BCUT2D eigenvalue weighted by atomic mass is 10.1. The minimum atomic E-state index is -0.537. The van der Waals surface area contributed by atoms with Crippen LogP contribution in [0.4, 0.5) is 11.4 Å². The predicted molar refractivity (Wildman–Crippen MR) is 146 cm³/mol. The number of nitrogens with one attached hydrogen (secondary N) is 3. The quantitative estimate of drug-likeness (QED) is 0.284. The lowest BCUT2D eigenvalue weighted by Gasteiger charge is -2.13. The van der Waals surface area contributed by atoms with Crippen molar-refractivity contribution >= 4 is 29.0 Å². The zero-order valence-corrected chi connectivity index (χ0v) is 21.9. The number of hydrogen-bond donors (Lipinski definition) is 3. The Kier molecular flexibility index (Phi) is 6.42. The number of aromatic amines is 1. The molecule has 3 aromatic heterocycles. The van der Waals surface area contributed by atoms with Crippen LogP contribution in [0.1, 0.15) is 51.7 Å². The smallest absolute Gasteiger partial charge is 0.295 e. The molecule has 202 valence electrons. The van der Waals surface area contributed by atoms with Gasteiger partial charge in [0.2, 0.25) is 29.3 Å². The highest BCUT2D eigenvalue weighted by atomic mass is 16.4. The molecule has 2 aromatic carbocycles. The minimum Gasteiger partial charge on any atom is -0.421 e. The molecule has 12 heteroatoms. The maximum Gasteiger partial charge on any atom is 0.295 e. The van der Waals surface area contributed by atoms with Crippen molar-refractivity contribution in [2.24, 2.45) is 0 Å². The highest BCUT2D eigenvalue weighted by Gasteiger charge is 2.22. The fourth-order valence-corrected chi connectivity index (χ4v) is 4.76. The van der Waals surface area contributed by atoms with Crippen molar-refractivity contribution in [1.29, 1.82) is 0 Å². The van der Waals surface area contributed by atoms with Gasteiger partial charge in [-0.2, -0.15) is 9.50 Å². The topological polar surface area (TPSA) is 160 Å². The van der Waals surface area contributed by atoms with E-state index in [0.29, 0.717) is 41.6 Å². The predicted octanol–water partition coefficient (Wildman–Crippen LogP) is 3.40. The Morgan fingerprint density at radius 2 is 1.77 bits per heavy atom. The first-order chi connectivity index (χ1) is 19.4. The zero-order chi connectivity index (χ0) is 27.8. The second-order valence-corrected chi connectivity index (χ2v) is 9.76. The second-order valence-electron chi connectivity index (χ2n) is 9.76. The van der Waals surface area contributed by atoms with E-state index < -0.39 is 5.91 Å². The fourth-order valence-electron chi connectivity index (χ4n) is 4.76. The van der Waals surface area contributed by atoms with Gasteiger partial charge in [0.15, 0.2) is 0 Å². The Morgan fingerprint density at radius 3 is 2.55 bits per heavy atom. The number of hydrogen-bond acceptors (Lipinski definition) is 8. The van der Waals surface area contributed by atoms with E-state index in [0.717, 1.165) is 39.7 Å². The standard InChI is InChI=1S/C28H26N8O4/c1-15-14-21(30-25(38)24-32-28-31-19-10-6-9-18(19)27(39)36(28)35-24)16(2)13-20(15)29-22(37)11-12-23-33-34-26(40-23)17-7-4-3-5-8-17/h3-5,7-8,13-14H,6,9-12H2,1-2H3,(H,29,37)(H,30,38)(H,31,32,35). The van der Waals surface area contributed by atoms with Gasteiger partial charge in [0, 0.05) is 41.0 Å². The van der Waals surface area contributed by atoms with Crippen molar-refractivity contribution in [2.75, 3.05) is 10.6 Å². The molecule has 0 saturated carbocycles. The number of amides is 2. The van der Waals surface area contributed by atoms with Crippen molar-refractivity contribution in [3.05, 3.63) is 86.9 Å². The normalized spacial score (nSPS) is 12.4. The third kappa shape index (κ3) is 4.86. The number of benzene rings is 2. The fraction of sp³-hybridized carbons (Fsp3) is 0.250. The van der Waals surface area contributed by atoms with Gasteiger partial charge in [-0.3, -0.25) is 14.4 Å². The molecule has 12 nitrogen and oxygen atoms in total. The first kappa shape index (κ1) is 25.2. The molecule has 2 amide bonds. The third-order valence-electron chi connectivity index (χ3n) is 6.89. The molecular weight excluding hydrogens is 512 g/mol. The van der Waals surface area contributed by atoms with Gasteiger partial charge in [-0.15, -0.1) is 15.3 Å². The Hall–Kier alpha value is -5.13. The van der Waals surface area contributed by atoms with Crippen LogP contribution in [0.15, 0.2) is 51.7 Å². The average molecular weight is 539 g/mol. The van der Waals surface area contributed by atoms with Crippen LogP contribution in [-0.4, -0.2) is 41.6 Å². The van der Waals surface area contributed by atoms with E-state index in [9.17, 15) is 14.4 Å². The number of anilines is 2. The average Bonchev–Trinajstić information content (AvgIpc) is 3.71. The third-order valence-corrected chi connectivity index (χ3v) is 6.89. The maximum absolute atomic E-state index is 12.9. The first-order valence-corrected chi connectivity index (χ1v) is 13.0. The van der Waals surface area contributed by atoms with E-state index in [1.165, 1.54) is 0 Å². The van der Waals surface area contributed by atoms with Crippen molar-refractivity contribution in [2.45, 2.75) is 46.0 Å². The summed E-state index contributed by atoms with van der Waals surface area (Å²) in [6.45, 7) is 3.65. The molecule has 1 aliphatic rings. The summed E-state index contributed by atoms with van der Waals surface area (Å²) in [5, 5.41) is 17.9. The lowest BCUT2D eigenvalue weighted by molar-refractivity contribution is -0.116. The number of fused-ring (bicyclic) bond motifs is 2. The summed E-state index contributed by atoms with van der Waals surface area (Å²) >= 11 is 0. The van der Waals surface area contributed by atoms with E-state index in [1.54, 1.807) is 12.1 Å². The van der Waals surface area contributed by atoms with Crippen LogP contribution in [0, 0.1) is 13.8 Å². The number of aromatic nitrogens is 6. The van der Waals surface area contributed by atoms with Crippen molar-refractivity contribution in [3.8, 4) is 11.5 Å². The summed E-state index contributed by atoms with van der Waals surface area (Å²) in [4.78, 5) is 45.6. The highest BCUT2D eigenvalue weighted by Crippen LogP contribution is 2.25. The summed E-state index contributed by atoms with van der Waals surface area (Å²) in [5.74, 6) is 0.192. The first-order valence-electron chi connectivity index (χ1n) is 13.0. The summed E-state index contributed by atoms with van der Waals surface area (Å²) in [6, 6.07) is 13.0. The summed E-state index contributed by atoms with van der Waals surface area (Å²) < 4.78 is 6.82. The molecule has 3 heterocycles. The summed E-state index contributed by atoms with van der Waals surface area (Å²) in [7, 11) is 0.